The SMILES string of the molecule is CC1CN(c2ncc(C(F)(F)F)cc2Cl)CC(CBr)O1. The van der Waals surface area contributed by atoms with Crippen molar-refractivity contribution in [2.45, 2.75) is 25.3 Å². The minimum atomic E-state index is -4.44. The fourth-order valence-corrected chi connectivity index (χ4v) is 2.77. The van der Waals surface area contributed by atoms with Crippen molar-refractivity contribution in [2.75, 3.05) is 23.3 Å². The van der Waals surface area contributed by atoms with Crippen LogP contribution in [0.3, 0.4) is 0 Å². The second kappa shape index (κ2) is 6.07. The molecule has 0 N–H and O–H groups in total. The van der Waals surface area contributed by atoms with Gasteiger partial charge in [0.15, 0.2) is 0 Å². The summed E-state index contributed by atoms with van der Waals surface area (Å²) in [5, 5.41) is 0.647. The molecule has 2 rings (SSSR count). The van der Waals surface area contributed by atoms with Gasteiger partial charge in [-0.1, -0.05) is 27.5 Å². The van der Waals surface area contributed by atoms with E-state index in [9.17, 15) is 13.2 Å². The van der Waals surface area contributed by atoms with E-state index in [1.165, 1.54) is 0 Å². The Morgan fingerprint density at radius 1 is 1.50 bits per heavy atom. The van der Waals surface area contributed by atoms with Crippen LogP contribution in [0.2, 0.25) is 5.02 Å². The average Bonchev–Trinajstić information content (AvgIpc) is 2.36. The van der Waals surface area contributed by atoms with Crippen LogP contribution < -0.4 is 4.90 Å². The maximum Gasteiger partial charge on any atom is 0.417 e. The Hall–Kier alpha value is -0.530. The van der Waals surface area contributed by atoms with E-state index < -0.39 is 11.7 Å². The van der Waals surface area contributed by atoms with Gasteiger partial charge in [0.2, 0.25) is 0 Å². The summed E-state index contributed by atoms with van der Waals surface area (Å²) in [6.07, 6.45) is -3.71. The summed E-state index contributed by atoms with van der Waals surface area (Å²) in [4.78, 5) is 5.72. The highest BCUT2D eigenvalue weighted by Crippen LogP contribution is 2.34. The number of rotatable bonds is 2. The maximum absolute atomic E-state index is 12.6. The van der Waals surface area contributed by atoms with Crippen LogP contribution in [0.1, 0.15) is 12.5 Å². The molecule has 1 saturated heterocycles. The Kier molecular flexibility index (Phi) is 4.81. The monoisotopic (exact) mass is 372 g/mol. The highest BCUT2D eigenvalue weighted by molar-refractivity contribution is 9.09. The molecule has 0 saturated carbocycles. The van der Waals surface area contributed by atoms with Crippen molar-refractivity contribution < 1.29 is 17.9 Å². The van der Waals surface area contributed by atoms with Crippen molar-refractivity contribution in [1.29, 1.82) is 0 Å². The van der Waals surface area contributed by atoms with E-state index in [2.05, 4.69) is 20.9 Å². The number of hydrogen-bond donors (Lipinski definition) is 0. The number of aromatic nitrogens is 1. The molecule has 20 heavy (non-hydrogen) atoms. The number of halogens is 5. The molecule has 2 unspecified atom stereocenters. The number of morpholine rings is 1. The third-order valence-corrected chi connectivity index (χ3v) is 3.95. The van der Waals surface area contributed by atoms with Crippen LogP contribution in [-0.2, 0) is 10.9 Å². The van der Waals surface area contributed by atoms with Gasteiger partial charge in [0.05, 0.1) is 22.8 Å². The summed E-state index contributed by atoms with van der Waals surface area (Å²) in [5.41, 5.74) is -0.843. The summed E-state index contributed by atoms with van der Waals surface area (Å²) in [6.45, 7) is 2.98. The standard InChI is InChI=1S/C12H13BrClF3N2O/c1-7-5-19(6-9(3-13)20-7)11-10(14)2-8(4-18-11)12(15,16)17/h2,4,7,9H,3,5-6H2,1H3. The fourth-order valence-electron chi connectivity index (χ4n) is 2.12. The third kappa shape index (κ3) is 3.56. The van der Waals surface area contributed by atoms with E-state index in [0.29, 0.717) is 24.2 Å². The Labute approximate surface area is 128 Å². The summed E-state index contributed by atoms with van der Waals surface area (Å²) in [5.74, 6) is 0.362. The maximum atomic E-state index is 12.6. The molecule has 1 aromatic rings. The van der Waals surface area contributed by atoms with Crippen molar-refractivity contribution >= 4 is 33.3 Å². The second-order valence-electron chi connectivity index (χ2n) is 4.66. The number of alkyl halides is 4. The molecular weight excluding hydrogens is 360 g/mol. The zero-order valence-electron chi connectivity index (χ0n) is 10.6. The molecule has 0 aliphatic carbocycles. The molecule has 0 radical (unpaired) electrons. The lowest BCUT2D eigenvalue weighted by Gasteiger charge is -2.37. The summed E-state index contributed by atoms with van der Waals surface area (Å²) in [6, 6.07) is 0.910. The number of ether oxygens (including phenoxy) is 1. The normalized spacial score (nSPS) is 24.0. The number of nitrogens with zero attached hydrogens (tertiary/aromatic N) is 2. The first-order chi connectivity index (χ1) is 9.31. The summed E-state index contributed by atoms with van der Waals surface area (Å²) in [7, 11) is 0. The van der Waals surface area contributed by atoms with Crippen LogP contribution in [0.15, 0.2) is 12.3 Å². The average molecular weight is 374 g/mol. The predicted octanol–water partition coefficient (Wildman–Crippen LogP) is 3.74. The molecule has 0 spiro atoms. The van der Waals surface area contributed by atoms with E-state index in [-0.39, 0.29) is 17.2 Å². The first-order valence-corrected chi connectivity index (χ1v) is 7.50. The van der Waals surface area contributed by atoms with Gasteiger partial charge in [0, 0.05) is 24.6 Å². The number of anilines is 1. The highest BCUT2D eigenvalue weighted by atomic mass is 79.9. The molecule has 112 valence electrons. The molecule has 1 fully saturated rings. The predicted molar refractivity (Wildman–Crippen MR) is 74.6 cm³/mol. The molecule has 0 aromatic carbocycles. The Morgan fingerprint density at radius 3 is 2.75 bits per heavy atom. The van der Waals surface area contributed by atoms with Gasteiger partial charge in [-0.25, -0.2) is 4.98 Å². The first-order valence-electron chi connectivity index (χ1n) is 6.00. The second-order valence-corrected chi connectivity index (χ2v) is 5.71. The van der Waals surface area contributed by atoms with Gasteiger partial charge in [0.1, 0.15) is 5.82 Å². The zero-order valence-corrected chi connectivity index (χ0v) is 13.0. The lowest BCUT2D eigenvalue weighted by molar-refractivity contribution is -0.137. The van der Waals surface area contributed by atoms with Crippen LogP contribution >= 0.6 is 27.5 Å². The molecule has 0 amide bonds. The molecule has 0 bridgehead atoms. The van der Waals surface area contributed by atoms with Gasteiger partial charge < -0.3 is 9.64 Å². The molecule has 1 aliphatic heterocycles. The number of pyridine rings is 1. The van der Waals surface area contributed by atoms with Gasteiger partial charge in [0.25, 0.3) is 0 Å². The van der Waals surface area contributed by atoms with Crippen molar-refractivity contribution in [3.8, 4) is 0 Å². The molecule has 1 aliphatic rings. The van der Waals surface area contributed by atoms with Crippen molar-refractivity contribution in [1.82, 2.24) is 4.98 Å². The molecule has 8 heteroatoms. The first kappa shape index (κ1) is 15.9. The summed E-state index contributed by atoms with van der Waals surface area (Å²) >= 11 is 9.29. The van der Waals surface area contributed by atoms with E-state index in [1.54, 1.807) is 0 Å². The largest absolute Gasteiger partial charge is 0.417 e. The van der Waals surface area contributed by atoms with E-state index in [1.807, 2.05) is 11.8 Å². The van der Waals surface area contributed by atoms with E-state index in [4.69, 9.17) is 16.3 Å². The van der Waals surface area contributed by atoms with Crippen LogP contribution in [0, 0.1) is 0 Å². The summed E-state index contributed by atoms with van der Waals surface area (Å²) < 4.78 is 43.4. The Bertz CT molecular complexity index is 486. The Morgan fingerprint density at radius 2 is 2.20 bits per heavy atom. The van der Waals surface area contributed by atoms with Gasteiger partial charge in [-0.05, 0) is 13.0 Å². The van der Waals surface area contributed by atoms with E-state index in [0.717, 1.165) is 12.3 Å². The number of hydrogen-bond acceptors (Lipinski definition) is 3. The minimum Gasteiger partial charge on any atom is -0.371 e. The van der Waals surface area contributed by atoms with Crippen LogP contribution in [0.5, 0.6) is 0 Å². The smallest absolute Gasteiger partial charge is 0.371 e. The van der Waals surface area contributed by atoms with Crippen LogP contribution in [-0.4, -0.2) is 35.6 Å². The van der Waals surface area contributed by atoms with Crippen LogP contribution in [0.25, 0.3) is 0 Å². The lowest BCUT2D eigenvalue weighted by atomic mass is 10.2. The lowest BCUT2D eigenvalue weighted by Crippen LogP contribution is -2.47. The van der Waals surface area contributed by atoms with Crippen molar-refractivity contribution in [3.05, 3.63) is 22.8 Å². The van der Waals surface area contributed by atoms with Gasteiger partial charge in [-0.2, -0.15) is 13.2 Å². The fraction of sp³-hybridized carbons (Fsp3) is 0.583. The molecule has 3 nitrogen and oxygen atoms in total. The molecule has 2 heterocycles. The molecular formula is C12H13BrClF3N2O. The minimum absolute atomic E-state index is 0.00208. The highest BCUT2D eigenvalue weighted by Gasteiger charge is 2.33. The zero-order chi connectivity index (χ0) is 14.9. The van der Waals surface area contributed by atoms with Gasteiger partial charge in [-0.3, -0.25) is 0 Å². The van der Waals surface area contributed by atoms with Gasteiger partial charge in [-0.15, -0.1) is 0 Å². The molecule has 1 aromatic heterocycles. The van der Waals surface area contributed by atoms with Crippen LogP contribution in [0.4, 0.5) is 19.0 Å². The Balaban J connectivity index is 2.24. The van der Waals surface area contributed by atoms with E-state index >= 15 is 0 Å². The quantitative estimate of drug-likeness (QED) is 0.739. The third-order valence-electron chi connectivity index (χ3n) is 2.95. The van der Waals surface area contributed by atoms with Crippen molar-refractivity contribution in [2.24, 2.45) is 0 Å². The topological polar surface area (TPSA) is 25.4 Å². The van der Waals surface area contributed by atoms with Gasteiger partial charge >= 0.3 is 6.18 Å². The van der Waals surface area contributed by atoms with Crippen molar-refractivity contribution in [3.63, 3.8) is 0 Å². The molecule has 2 atom stereocenters.